The molecule has 2 N–H and O–H groups in total. The number of carboxylic acids is 1. The van der Waals surface area contributed by atoms with Gasteiger partial charge in [-0.1, -0.05) is 6.92 Å². The Hall–Kier alpha value is -1.98. The number of aryl methyl sites for hydroxylation is 2. The van der Waals surface area contributed by atoms with Gasteiger partial charge in [0.1, 0.15) is 0 Å². The van der Waals surface area contributed by atoms with Crippen molar-refractivity contribution >= 4 is 11.9 Å². The maximum Gasteiger partial charge on any atom is 0.303 e. The van der Waals surface area contributed by atoms with Crippen molar-refractivity contribution in [3.05, 3.63) is 23.0 Å². The van der Waals surface area contributed by atoms with E-state index < -0.39 is 5.97 Å². The Morgan fingerprint density at radius 3 is 2.70 bits per heavy atom. The Morgan fingerprint density at radius 2 is 2.10 bits per heavy atom. The van der Waals surface area contributed by atoms with Crippen LogP contribution in [0, 0.1) is 6.92 Å². The molecule has 0 aliphatic rings. The minimum absolute atomic E-state index is 0.0694. The number of carbonyl (C=O) groups is 2. The summed E-state index contributed by atoms with van der Waals surface area (Å²) in [6.45, 7) is 5.58. The van der Waals surface area contributed by atoms with Crippen molar-refractivity contribution in [2.45, 2.75) is 52.5 Å². The summed E-state index contributed by atoms with van der Waals surface area (Å²) in [6, 6.07) is 1.66. The number of nitrogens with one attached hydrogen (secondary N) is 1. The first-order chi connectivity index (χ1) is 9.43. The third-order valence-corrected chi connectivity index (χ3v) is 2.98. The lowest BCUT2D eigenvalue weighted by Crippen LogP contribution is -2.33. The molecule has 1 aromatic heterocycles. The highest BCUT2D eigenvalue weighted by Gasteiger charge is 2.15. The highest BCUT2D eigenvalue weighted by molar-refractivity contribution is 5.95. The monoisotopic (exact) mass is 279 g/mol. The summed E-state index contributed by atoms with van der Waals surface area (Å²) in [6.07, 6.45) is 1.95. The van der Waals surface area contributed by atoms with Gasteiger partial charge in [-0.25, -0.2) is 0 Å². The summed E-state index contributed by atoms with van der Waals surface area (Å²) in [4.78, 5) is 22.6. The molecule has 0 spiro atoms. The lowest BCUT2D eigenvalue weighted by atomic mass is 10.1. The van der Waals surface area contributed by atoms with Gasteiger partial charge in [0.2, 0.25) is 0 Å². The highest BCUT2D eigenvalue weighted by atomic mass is 16.4. The molecule has 20 heavy (non-hydrogen) atoms. The number of hydrogen-bond donors (Lipinski definition) is 2. The molecule has 1 heterocycles. The largest absolute Gasteiger partial charge is 0.481 e. The molecule has 1 atom stereocenters. The molecular formula is C14H21N3O3. The summed E-state index contributed by atoms with van der Waals surface area (Å²) in [5, 5.41) is 19.4. The molecule has 0 aromatic carbocycles. The van der Waals surface area contributed by atoms with Crippen molar-refractivity contribution in [3.63, 3.8) is 0 Å². The first-order valence-electron chi connectivity index (χ1n) is 6.79. The maximum atomic E-state index is 12.2. The van der Waals surface area contributed by atoms with Crippen LogP contribution in [0.3, 0.4) is 0 Å². The van der Waals surface area contributed by atoms with Gasteiger partial charge in [0.05, 0.1) is 17.0 Å². The van der Waals surface area contributed by atoms with Crippen molar-refractivity contribution in [2.75, 3.05) is 0 Å². The predicted octanol–water partition coefficient (Wildman–Crippen LogP) is 1.72. The molecular weight excluding hydrogens is 258 g/mol. The quantitative estimate of drug-likeness (QED) is 0.792. The average molecular weight is 279 g/mol. The molecule has 0 bridgehead atoms. The van der Waals surface area contributed by atoms with Crippen LogP contribution in [0.15, 0.2) is 6.07 Å². The van der Waals surface area contributed by atoms with Gasteiger partial charge in [0.15, 0.2) is 0 Å². The molecule has 1 unspecified atom stereocenters. The molecule has 0 aliphatic heterocycles. The Labute approximate surface area is 118 Å². The fourth-order valence-corrected chi connectivity index (χ4v) is 1.91. The van der Waals surface area contributed by atoms with Crippen molar-refractivity contribution in [2.24, 2.45) is 0 Å². The van der Waals surface area contributed by atoms with Gasteiger partial charge in [-0.15, -0.1) is 0 Å². The molecule has 0 radical (unpaired) electrons. The molecule has 0 saturated carbocycles. The molecule has 0 fully saturated rings. The first-order valence-corrected chi connectivity index (χ1v) is 6.79. The highest BCUT2D eigenvalue weighted by Crippen LogP contribution is 2.09. The van der Waals surface area contributed by atoms with E-state index in [0.717, 1.165) is 0 Å². The van der Waals surface area contributed by atoms with E-state index in [1.54, 1.807) is 13.0 Å². The minimum atomic E-state index is -0.814. The SMILES string of the molecule is CCc1nnc(C)cc1C(=O)NC(C)CCCC(=O)O. The number of carboxylic acid groups (broad SMARTS) is 1. The molecule has 6 nitrogen and oxygen atoms in total. The normalized spacial score (nSPS) is 11.9. The zero-order valence-corrected chi connectivity index (χ0v) is 12.1. The standard InChI is InChI=1S/C14H21N3O3/c1-4-12-11(8-10(3)16-17-12)14(20)15-9(2)6-5-7-13(18)19/h8-9H,4-7H2,1-3H3,(H,15,20)(H,18,19). The van der Waals surface area contributed by atoms with Crippen LogP contribution in [0.2, 0.25) is 0 Å². The van der Waals surface area contributed by atoms with Crippen LogP contribution in [0.5, 0.6) is 0 Å². The third-order valence-electron chi connectivity index (χ3n) is 2.98. The van der Waals surface area contributed by atoms with Crippen molar-refractivity contribution in [1.29, 1.82) is 0 Å². The van der Waals surface area contributed by atoms with Crippen molar-refractivity contribution in [3.8, 4) is 0 Å². The smallest absolute Gasteiger partial charge is 0.303 e. The molecule has 1 aromatic rings. The van der Waals surface area contributed by atoms with Gasteiger partial charge in [-0.05, 0) is 39.2 Å². The number of carbonyl (C=O) groups excluding carboxylic acids is 1. The number of aliphatic carboxylic acids is 1. The fourth-order valence-electron chi connectivity index (χ4n) is 1.91. The van der Waals surface area contributed by atoms with Gasteiger partial charge in [-0.3, -0.25) is 9.59 Å². The topological polar surface area (TPSA) is 92.2 Å². The number of aromatic nitrogens is 2. The summed E-state index contributed by atoms with van der Waals surface area (Å²) >= 11 is 0. The van der Waals surface area contributed by atoms with Crippen LogP contribution in [-0.2, 0) is 11.2 Å². The second-order valence-corrected chi connectivity index (χ2v) is 4.86. The van der Waals surface area contributed by atoms with E-state index in [4.69, 9.17) is 5.11 Å². The van der Waals surface area contributed by atoms with E-state index in [1.165, 1.54) is 0 Å². The average Bonchev–Trinajstić information content (AvgIpc) is 2.38. The Morgan fingerprint density at radius 1 is 1.40 bits per heavy atom. The summed E-state index contributed by atoms with van der Waals surface area (Å²) in [5.74, 6) is -0.992. The number of hydrogen-bond acceptors (Lipinski definition) is 4. The van der Waals surface area contributed by atoms with Crippen LogP contribution in [0.4, 0.5) is 0 Å². The zero-order valence-electron chi connectivity index (χ0n) is 12.1. The lowest BCUT2D eigenvalue weighted by molar-refractivity contribution is -0.137. The fraction of sp³-hybridized carbons (Fsp3) is 0.571. The van der Waals surface area contributed by atoms with Crippen LogP contribution in [0.25, 0.3) is 0 Å². The maximum absolute atomic E-state index is 12.2. The predicted molar refractivity (Wildman–Crippen MR) is 74.6 cm³/mol. The number of rotatable bonds is 7. The van der Waals surface area contributed by atoms with Crippen molar-refractivity contribution < 1.29 is 14.7 Å². The van der Waals surface area contributed by atoms with E-state index in [-0.39, 0.29) is 18.4 Å². The van der Waals surface area contributed by atoms with Gasteiger partial charge in [0, 0.05) is 12.5 Å². The summed E-state index contributed by atoms with van der Waals surface area (Å²) in [5.41, 5.74) is 1.92. The van der Waals surface area contributed by atoms with Gasteiger partial charge < -0.3 is 10.4 Å². The molecule has 0 saturated heterocycles. The van der Waals surface area contributed by atoms with E-state index in [2.05, 4.69) is 15.5 Å². The number of amides is 1. The Bertz CT molecular complexity index is 489. The zero-order chi connectivity index (χ0) is 15.1. The molecule has 1 amide bonds. The summed E-state index contributed by atoms with van der Waals surface area (Å²) in [7, 11) is 0. The Kier molecular flexibility index (Phi) is 6.09. The van der Waals surface area contributed by atoms with Gasteiger partial charge in [0.25, 0.3) is 5.91 Å². The van der Waals surface area contributed by atoms with Crippen molar-refractivity contribution in [1.82, 2.24) is 15.5 Å². The lowest BCUT2D eigenvalue weighted by Gasteiger charge is -2.14. The van der Waals surface area contributed by atoms with E-state index >= 15 is 0 Å². The van der Waals surface area contributed by atoms with Gasteiger partial charge in [-0.2, -0.15) is 10.2 Å². The van der Waals surface area contributed by atoms with Crippen LogP contribution < -0.4 is 5.32 Å². The van der Waals surface area contributed by atoms with E-state index in [1.807, 2.05) is 13.8 Å². The molecule has 0 aliphatic carbocycles. The molecule has 6 heteroatoms. The molecule has 110 valence electrons. The second-order valence-electron chi connectivity index (χ2n) is 4.86. The van der Waals surface area contributed by atoms with E-state index in [9.17, 15) is 9.59 Å². The molecule has 1 rings (SSSR count). The van der Waals surface area contributed by atoms with Crippen LogP contribution >= 0.6 is 0 Å². The Balaban J connectivity index is 2.62. The summed E-state index contributed by atoms with van der Waals surface area (Å²) < 4.78 is 0. The van der Waals surface area contributed by atoms with E-state index in [0.29, 0.717) is 36.2 Å². The first kappa shape index (κ1) is 16.1. The second kappa shape index (κ2) is 7.57. The van der Waals surface area contributed by atoms with Gasteiger partial charge >= 0.3 is 5.97 Å². The van der Waals surface area contributed by atoms with Crippen LogP contribution in [-0.4, -0.2) is 33.2 Å². The number of nitrogens with zero attached hydrogens (tertiary/aromatic N) is 2. The third kappa shape index (κ3) is 4.95. The minimum Gasteiger partial charge on any atom is -0.481 e. The van der Waals surface area contributed by atoms with Crippen LogP contribution in [0.1, 0.15) is 54.9 Å².